The van der Waals surface area contributed by atoms with Crippen molar-refractivity contribution in [1.82, 2.24) is 0 Å². The van der Waals surface area contributed by atoms with Crippen LogP contribution in [0.2, 0.25) is 0 Å². The Kier molecular flexibility index (Phi) is 4.36. The SMILES string of the molecule is CNc1ccc(COc2cccc(C#N)c2)cc1[N+](=O)[O-]. The van der Waals surface area contributed by atoms with Crippen LogP contribution in [0, 0.1) is 21.4 Å². The molecular weight excluding hydrogens is 270 g/mol. The molecule has 0 saturated heterocycles. The van der Waals surface area contributed by atoms with E-state index in [2.05, 4.69) is 5.32 Å². The van der Waals surface area contributed by atoms with E-state index >= 15 is 0 Å². The van der Waals surface area contributed by atoms with Crippen molar-refractivity contribution in [1.29, 1.82) is 5.26 Å². The molecule has 2 aromatic carbocycles. The third-order valence-electron chi connectivity index (χ3n) is 2.90. The molecule has 6 heteroatoms. The summed E-state index contributed by atoms with van der Waals surface area (Å²) in [6, 6.07) is 13.7. The van der Waals surface area contributed by atoms with E-state index in [1.165, 1.54) is 6.07 Å². The summed E-state index contributed by atoms with van der Waals surface area (Å²) >= 11 is 0. The van der Waals surface area contributed by atoms with E-state index in [9.17, 15) is 10.1 Å². The van der Waals surface area contributed by atoms with Gasteiger partial charge in [-0.2, -0.15) is 5.26 Å². The van der Waals surface area contributed by atoms with Crippen molar-refractivity contribution < 1.29 is 9.66 Å². The van der Waals surface area contributed by atoms with Crippen LogP contribution in [0.3, 0.4) is 0 Å². The highest BCUT2D eigenvalue weighted by molar-refractivity contribution is 5.62. The number of nitriles is 1. The van der Waals surface area contributed by atoms with Gasteiger partial charge in [-0.15, -0.1) is 0 Å². The molecule has 0 unspecified atom stereocenters. The molecule has 0 radical (unpaired) electrons. The van der Waals surface area contributed by atoms with Crippen molar-refractivity contribution in [3.05, 3.63) is 63.7 Å². The summed E-state index contributed by atoms with van der Waals surface area (Å²) in [5, 5.41) is 22.6. The number of nitrogens with zero attached hydrogens (tertiary/aromatic N) is 2. The van der Waals surface area contributed by atoms with Crippen LogP contribution in [-0.4, -0.2) is 12.0 Å². The molecule has 0 aromatic heterocycles. The summed E-state index contributed by atoms with van der Waals surface area (Å²) in [5.74, 6) is 0.550. The van der Waals surface area contributed by atoms with Gasteiger partial charge in [-0.25, -0.2) is 0 Å². The number of nitrogens with one attached hydrogen (secondary N) is 1. The van der Waals surface area contributed by atoms with Gasteiger partial charge in [0.2, 0.25) is 0 Å². The van der Waals surface area contributed by atoms with Gasteiger partial charge >= 0.3 is 0 Å². The highest BCUT2D eigenvalue weighted by atomic mass is 16.6. The number of nitro benzene ring substituents is 1. The predicted molar refractivity (Wildman–Crippen MR) is 78.1 cm³/mol. The number of ether oxygens (including phenoxy) is 1. The third-order valence-corrected chi connectivity index (χ3v) is 2.90. The van der Waals surface area contributed by atoms with E-state index in [0.29, 0.717) is 22.6 Å². The second kappa shape index (κ2) is 6.39. The molecule has 2 rings (SSSR count). The largest absolute Gasteiger partial charge is 0.489 e. The summed E-state index contributed by atoms with van der Waals surface area (Å²) in [6.45, 7) is 0.194. The maximum absolute atomic E-state index is 11.0. The van der Waals surface area contributed by atoms with E-state index in [1.807, 2.05) is 6.07 Å². The number of rotatable bonds is 5. The zero-order chi connectivity index (χ0) is 15.2. The molecule has 0 saturated carbocycles. The monoisotopic (exact) mass is 283 g/mol. The minimum atomic E-state index is -0.439. The van der Waals surface area contributed by atoms with Gasteiger partial charge in [0.25, 0.3) is 5.69 Å². The minimum absolute atomic E-state index is 0.00405. The summed E-state index contributed by atoms with van der Waals surface area (Å²) < 4.78 is 5.55. The Bertz CT molecular complexity index is 708. The van der Waals surface area contributed by atoms with Crippen LogP contribution in [0.15, 0.2) is 42.5 Å². The summed E-state index contributed by atoms with van der Waals surface area (Å²) in [6.07, 6.45) is 0. The first-order valence-corrected chi connectivity index (χ1v) is 6.22. The van der Waals surface area contributed by atoms with Crippen molar-refractivity contribution in [2.45, 2.75) is 6.61 Å². The van der Waals surface area contributed by atoms with Gasteiger partial charge in [0, 0.05) is 13.1 Å². The molecule has 2 aromatic rings. The van der Waals surface area contributed by atoms with Crippen molar-refractivity contribution in [3.63, 3.8) is 0 Å². The van der Waals surface area contributed by atoms with Crippen molar-refractivity contribution in [2.24, 2.45) is 0 Å². The molecule has 0 heterocycles. The highest BCUT2D eigenvalue weighted by Gasteiger charge is 2.13. The van der Waals surface area contributed by atoms with Crippen LogP contribution in [-0.2, 0) is 6.61 Å². The Hall–Kier alpha value is -3.07. The minimum Gasteiger partial charge on any atom is -0.489 e. The lowest BCUT2D eigenvalue weighted by molar-refractivity contribution is -0.384. The Balaban J connectivity index is 2.15. The van der Waals surface area contributed by atoms with E-state index in [4.69, 9.17) is 10.00 Å². The van der Waals surface area contributed by atoms with Gasteiger partial charge in [-0.05, 0) is 29.8 Å². The number of anilines is 1. The standard InChI is InChI=1S/C15H13N3O3/c1-17-14-6-5-12(8-15(14)18(19)20)10-21-13-4-2-3-11(7-13)9-16/h2-8,17H,10H2,1H3. The van der Waals surface area contributed by atoms with Gasteiger partial charge < -0.3 is 10.1 Å². The molecule has 0 fully saturated rings. The molecule has 0 aliphatic heterocycles. The molecule has 1 N–H and O–H groups in total. The second-order valence-corrected chi connectivity index (χ2v) is 4.29. The Morgan fingerprint density at radius 1 is 1.33 bits per heavy atom. The number of hydrogen-bond donors (Lipinski definition) is 1. The van der Waals surface area contributed by atoms with Gasteiger partial charge in [0.1, 0.15) is 18.0 Å². The van der Waals surface area contributed by atoms with E-state index in [-0.39, 0.29) is 12.3 Å². The quantitative estimate of drug-likeness (QED) is 0.673. The summed E-state index contributed by atoms with van der Waals surface area (Å²) in [4.78, 5) is 10.5. The highest BCUT2D eigenvalue weighted by Crippen LogP contribution is 2.25. The average molecular weight is 283 g/mol. The third kappa shape index (κ3) is 3.48. The maximum atomic E-state index is 11.0. The lowest BCUT2D eigenvalue weighted by Gasteiger charge is -2.08. The lowest BCUT2D eigenvalue weighted by atomic mass is 10.2. The molecule has 0 atom stereocenters. The van der Waals surface area contributed by atoms with E-state index in [1.54, 1.807) is 43.4 Å². The van der Waals surface area contributed by atoms with Crippen molar-refractivity contribution in [3.8, 4) is 11.8 Å². The number of nitro groups is 1. The summed E-state index contributed by atoms with van der Waals surface area (Å²) in [5.41, 5.74) is 1.65. The molecule has 0 amide bonds. The zero-order valence-corrected chi connectivity index (χ0v) is 11.4. The Morgan fingerprint density at radius 2 is 2.14 bits per heavy atom. The normalized spacial score (nSPS) is 9.71. The second-order valence-electron chi connectivity index (χ2n) is 4.29. The van der Waals surface area contributed by atoms with Crippen LogP contribution in [0.25, 0.3) is 0 Å². The first-order chi connectivity index (χ1) is 10.1. The molecule has 21 heavy (non-hydrogen) atoms. The van der Waals surface area contributed by atoms with Gasteiger partial charge in [0.15, 0.2) is 0 Å². The molecule has 0 aliphatic carbocycles. The molecule has 0 aliphatic rings. The fourth-order valence-electron chi connectivity index (χ4n) is 1.85. The Labute approximate surface area is 121 Å². The molecule has 6 nitrogen and oxygen atoms in total. The van der Waals surface area contributed by atoms with Crippen LogP contribution in [0.5, 0.6) is 5.75 Å². The molecular formula is C15H13N3O3. The van der Waals surface area contributed by atoms with Gasteiger partial charge in [-0.3, -0.25) is 10.1 Å². The van der Waals surface area contributed by atoms with E-state index in [0.717, 1.165) is 0 Å². The smallest absolute Gasteiger partial charge is 0.292 e. The molecule has 0 bridgehead atoms. The van der Waals surface area contributed by atoms with Crippen LogP contribution >= 0.6 is 0 Å². The van der Waals surface area contributed by atoms with E-state index < -0.39 is 4.92 Å². The Morgan fingerprint density at radius 3 is 2.81 bits per heavy atom. The predicted octanol–water partition coefficient (Wildman–Crippen LogP) is 3.09. The van der Waals surface area contributed by atoms with Gasteiger partial charge in [0.05, 0.1) is 16.6 Å². The van der Waals surface area contributed by atoms with Crippen molar-refractivity contribution in [2.75, 3.05) is 12.4 Å². The molecule has 106 valence electrons. The summed E-state index contributed by atoms with van der Waals surface area (Å²) in [7, 11) is 1.63. The maximum Gasteiger partial charge on any atom is 0.292 e. The average Bonchev–Trinajstić information content (AvgIpc) is 2.52. The first-order valence-electron chi connectivity index (χ1n) is 6.22. The van der Waals surface area contributed by atoms with Crippen LogP contribution < -0.4 is 10.1 Å². The topological polar surface area (TPSA) is 88.2 Å². The fourth-order valence-corrected chi connectivity index (χ4v) is 1.85. The van der Waals surface area contributed by atoms with Crippen LogP contribution in [0.1, 0.15) is 11.1 Å². The first kappa shape index (κ1) is 14.3. The number of hydrogen-bond acceptors (Lipinski definition) is 5. The number of benzene rings is 2. The lowest BCUT2D eigenvalue weighted by Crippen LogP contribution is -2.00. The van der Waals surface area contributed by atoms with Crippen molar-refractivity contribution >= 4 is 11.4 Å². The molecule has 0 spiro atoms. The van der Waals surface area contributed by atoms with Crippen LogP contribution in [0.4, 0.5) is 11.4 Å². The fraction of sp³-hybridized carbons (Fsp3) is 0.133. The van der Waals surface area contributed by atoms with Gasteiger partial charge in [-0.1, -0.05) is 12.1 Å². The zero-order valence-electron chi connectivity index (χ0n) is 11.4.